The van der Waals surface area contributed by atoms with Crippen molar-refractivity contribution in [3.8, 4) is 5.75 Å². The molecule has 0 aliphatic carbocycles. The number of carbonyl (C=O) groups excluding carboxylic acids is 1. The third kappa shape index (κ3) is 3.94. The maximum Gasteiger partial charge on any atom is 0.246 e. The molecule has 1 rings (SSSR count). The summed E-state index contributed by atoms with van der Waals surface area (Å²) in [5, 5.41) is 0. The zero-order chi connectivity index (χ0) is 12.7. The SMILES string of the molecule is CCN(CC)C(=O)C=Cc1ccc(OC)cc1. The Kier molecular flexibility index (Phi) is 5.27. The molecule has 0 N–H and O–H groups in total. The van der Waals surface area contributed by atoms with Gasteiger partial charge in [-0.3, -0.25) is 4.79 Å². The van der Waals surface area contributed by atoms with E-state index in [0.29, 0.717) is 0 Å². The summed E-state index contributed by atoms with van der Waals surface area (Å²) in [5.74, 6) is 0.864. The molecule has 1 amide bonds. The number of hydrogen-bond acceptors (Lipinski definition) is 2. The smallest absolute Gasteiger partial charge is 0.246 e. The van der Waals surface area contributed by atoms with Crippen molar-refractivity contribution >= 4 is 12.0 Å². The highest BCUT2D eigenvalue weighted by Crippen LogP contribution is 2.12. The molecule has 0 unspecified atom stereocenters. The Bertz CT molecular complexity index is 378. The Hall–Kier alpha value is -1.77. The van der Waals surface area contributed by atoms with Crippen molar-refractivity contribution in [2.75, 3.05) is 20.2 Å². The highest BCUT2D eigenvalue weighted by atomic mass is 16.5. The highest BCUT2D eigenvalue weighted by Gasteiger charge is 2.04. The van der Waals surface area contributed by atoms with Gasteiger partial charge in [0.15, 0.2) is 0 Å². The number of nitrogens with zero attached hydrogens (tertiary/aromatic N) is 1. The van der Waals surface area contributed by atoms with Gasteiger partial charge in [-0.05, 0) is 37.6 Å². The average molecular weight is 233 g/mol. The van der Waals surface area contributed by atoms with Crippen molar-refractivity contribution in [3.63, 3.8) is 0 Å². The fourth-order valence-electron chi connectivity index (χ4n) is 1.52. The van der Waals surface area contributed by atoms with Gasteiger partial charge >= 0.3 is 0 Å². The number of methoxy groups -OCH3 is 1. The van der Waals surface area contributed by atoms with E-state index in [4.69, 9.17) is 4.74 Å². The predicted molar refractivity (Wildman–Crippen MR) is 70.0 cm³/mol. The second kappa shape index (κ2) is 6.74. The molecule has 0 fully saturated rings. The van der Waals surface area contributed by atoms with E-state index in [0.717, 1.165) is 24.4 Å². The van der Waals surface area contributed by atoms with E-state index < -0.39 is 0 Å². The molecule has 0 heterocycles. The molecule has 0 radical (unpaired) electrons. The van der Waals surface area contributed by atoms with Crippen LogP contribution in [0.1, 0.15) is 19.4 Å². The Balaban J connectivity index is 2.66. The number of amides is 1. The van der Waals surface area contributed by atoms with Crippen molar-refractivity contribution in [1.29, 1.82) is 0 Å². The van der Waals surface area contributed by atoms with Gasteiger partial charge in [-0.15, -0.1) is 0 Å². The molecule has 0 aliphatic rings. The maximum absolute atomic E-state index is 11.7. The highest BCUT2D eigenvalue weighted by molar-refractivity contribution is 5.91. The summed E-state index contributed by atoms with van der Waals surface area (Å²) < 4.78 is 5.07. The van der Waals surface area contributed by atoms with Crippen LogP contribution in [0.15, 0.2) is 30.3 Å². The number of hydrogen-bond donors (Lipinski definition) is 0. The number of likely N-dealkylation sites (N-methyl/N-ethyl adjacent to an activating group) is 1. The Morgan fingerprint density at radius 3 is 2.29 bits per heavy atom. The lowest BCUT2D eigenvalue weighted by Gasteiger charge is -2.15. The van der Waals surface area contributed by atoms with Gasteiger partial charge in [0.2, 0.25) is 5.91 Å². The monoisotopic (exact) mass is 233 g/mol. The molecule has 1 aromatic carbocycles. The summed E-state index contributed by atoms with van der Waals surface area (Å²) in [6, 6.07) is 7.60. The minimum absolute atomic E-state index is 0.0471. The standard InChI is InChI=1S/C14H19NO2/c1-4-15(5-2)14(16)11-8-12-6-9-13(17-3)10-7-12/h6-11H,4-5H2,1-3H3. The van der Waals surface area contributed by atoms with E-state index in [2.05, 4.69) is 0 Å². The minimum Gasteiger partial charge on any atom is -0.497 e. The van der Waals surface area contributed by atoms with Crippen LogP contribution in [-0.2, 0) is 4.79 Å². The molecule has 0 saturated carbocycles. The molecule has 0 aliphatic heterocycles. The van der Waals surface area contributed by atoms with Crippen molar-refractivity contribution in [3.05, 3.63) is 35.9 Å². The normalized spacial score (nSPS) is 10.5. The van der Waals surface area contributed by atoms with E-state index in [9.17, 15) is 4.79 Å². The summed E-state index contributed by atoms with van der Waals surface area (Å²) >= 11 is 0. The molecule has 0 bridgehead atoms. The zero-order valence-corrected chi connectivity index (χ0v) is 10.6. The number of ether oxygens (including phenoxy) is 1. The molecule has 0 atom stereocenters. The van der Waals surface area contributed by atoms with Crippen LogP contribution in [0.2, 0.25) is 0 Å². The van der Waals surface area contributed by atoms with Gasteiger partial charge in [0, 0.05) is 19.2 Å². The molecule has 0 aromatic heterocycles. The van der Waals surface area contributed by atoms with Crippen LogP contribution in [0.5, 0.6) is 5.75 Å². The van der Waals surface area contributed by atoms with Crippen LogP contribution in [0.4, 0.5) is 0 Å². The van der Waals surface area contributed by atoms with Crippen LogP contribution in [0.25, 0.3) is 6.08 Å². The molecule has 0 saturated heterocycles. The van der Waals surface area contributed by atoms with Gasteiger partial charge in [0.1, 0.15) is 5.75 Å². The van der Waals surface area contributed by atoms with Gasteiger partial charge in [-0.1, -0.05) is 12.1 Å². The molecule has 0 spiro atoms. The Labute approximate surface area is 103 Å². The van der Waals surface area contributed by atoms with E-state index in [1.54, 1.807) is 18.1 Å². The second-order valence-electron chi connectivity index (χ2n) is 3.62. The maximum atomic E-state index is 11.7. The Morgan fingerprint density at radius 2 is 1.82 bits per heavy atom. The molecule has 17 heavy (non-hydrogen) atoms. The zero-order valence-electron chi connectivity index (χ0n) is 10.6. The molecular formula is C14H19NO2. The van der Waals surface area contributed by atoms with E-state index in [-0.39, 0.29) is 5.91 Å². The van der Waals surface area contributed by atoms with E-state index in [1.807, 2.05) is 44.2 Å². The van der Waals surface area contributed by atoms with Crippen molar-refractivity contribution in [2.45, 2.75) is 13.8 Å². The topological polar surface area (TPSA) is 29.5 Å². The second-order valence-corrected chi connectivity index (χ2v) is 3.62. The number of rotatable bonds is 5. The number of benzene rings is 1. The van der Waals surface area contributed by atoms with Gasteiger partial charge in [-0.2, -0.15) is 0 Å². The van der Waals surface area contributed by atoms with Crippen LogP contribution in [0.3, 0.4) is 0 Å². The first-order chi connectivity index (χ1) is 8.21. The van der Waals surface area contributed by atoms with Crippen LogP contribution >= 0.6 is 0 Å². The van der Waals surface area contributed by atoms with Crippen molar-refractivity contribution in [2.24, 2.45) is 0 Å². The van der Waals surface area contributed by atoms with Gasteiger partial charge in [0.25, 0.3) is 0 Å². The van der Waals surface area contributed by atoms with Crippen LogP contribution in [-0.4, -0.2) is 31.0 Å². The third-order valence-corrected chi connectivity index (χ3v) is 2.61. The van der Waals surface area contributed by atoms with Gasteiger partial charge in [-0.25, -0.2) is 0 Å². The Morgan fingerprint density at radius 1 is 1.24 bits per heavy atom. The average Bonchev–Trinajstić information content (AvgIpc) is 2.38. The summed E-state index contributed by atoms with van der Waals surface area (Å²) in [6.45, 7) is 5.43. The van der Waals surface area contributed by atoms with E-state index in [1.165, 1.54) is 0 Å². The van der Waals surface area contributed by atoms with Crippen LogP contribution in [0, 0.1) is 0 Å². The molecule has 92 valence electrons. The summed E-state index contributed by atoms with van der Waals surface area (Å²) in [4.78, 5) is 13.5. The predicted octanol–water partition coefficient (Wildman–Crippen LogP) is 2.58. The van der Waals surface area contributed by atoms with E-state index >= 15 is 0 Å². The summed E-state index contributed by atoms with van der Waals surface area (Å²) in [7, 11) is 1.63. The van der Waals surface area contributed by atoms with Gasteiger partial charge < -0.3 is 9.64 Å². The third-order valence-electron chi connectivity index (χ3n) is 2.61. The quantitative estimate of drug-likeness (QED) is 0.731. The molecule has 3 heteroatoms. The summed E-state index contributed by atoms with van der Waals surface area (Å²) in [6.07, 6.45) is 3.43. The largest absolute Gasteiger partial charge is 0.497 e. The number of carbonyl (C=O) groups is 1. The lowest BCUT2D eigenvalue weighted by atomic mass is 10.2. The summed E-state index contributed by atoms with van der Waals surface area (Å²) in [5.41, 5.74) is 0.992. The lowest BCUT2D eigenvalue weighted by Crippen LogP contribution is -2.28. The molecular weight excluding hydrogens is 214 g/mol. The van der Waals surface area contributed by atoms with Crippen molar-refractivity contribution in [1.82, 2.24) is 4.90 Å². The first-order valence-corrected chi connectivity index (χ1v) is 5.82. The first kappa shape index (κ1) is 13.3. The lowest BCUT2D eigenvalue weighted by molar-refractivity contribution is -0.125. The fourth-order valence-corrected chi connectivity index (χ4v) is 1.52. The first-order valence-electron chi connectivity index (χ1n) is 5.82. The van der Waals surface area contributed by atoms with Gasteiger partial charge in [0.05, 0.1) is 7.11 Å². The minimum atomic E-state index is 0.0471. The fraction of sp³-hybridized carbons (Fsp3) is 0.357. The van der Waals surface area contributed by atoms with Crippen molar-refractivity contribution < 1.29 is 9.53 Å². The van der Waals surface area contributed by atoms with Crippen LogP contribution < -0.4 is 4.74 Å². The molecule has 1 aromatic rings. The molecule has 3 nitrogen and oxygen atoms in total.